The zero-order valence-corrected chi connectivity index (χ0v) is 17.8. The number of nitrogens with zero attached hydrogens (tertiary/aromatic N) is 1. The summed E-state index contributed by atoms with van der Waals surface area (Å²) < 4.78 is 37.1. The summed E-state index contributed by atoms with van der Waals surface area (Å²) in [6.07, 6.45) is -2.05. The van der Waals surface area contributed by atoms with Crippen molar-refractivity contribution < 1.29 is 42.5 Å². The first-order valence-electron chi connectivity index (χ1n) is 9.89. The summed E-state index contributed by atoms with van der Waals surface area (Å²) >= 11 is 0. The van der Waals surface area contributed by atoms with Gasteiger partial charge in [0.15, 0.2) is 0 Å². The summed E-state index contributed by atoms with van der Waals surface area (Å²) in [5.41, 5.74) is 2.32. The molecule has 9 nitrogen and oxygen atoms in total. The number of carboxylic acids is 2. The number of ether oxygens (including phenoxy) is 1. The molecule has 0 spiro atoms. The highest BCUT2D eigenvalue weighted by atomic mass is 19.4. The number of hydrogen-bond acceptors (Lipinski definition) is 5. The number of alkyl halides is 3. The number of urea groups is 1. The van der Waals surface area contributed by atoms with Crippen LogP contribution < -0.4 is 10.6 Å². The first-order chi connectivity index (χ1) is 14.7. The Labute approximate surface area is 182 Å². The number of hydrogen-bond donors (Lipinski definition) is 4. The van der Waals surface area contributed by atoms with Gasteiger partial charge in [-0.2, -0.15) is 13.2 Å². The molecule has 1 aromatic heterocycles. The fourth-order valence-electron chi connectivity index (χ4n) is 4.01. The van der Waals surface area contributed by atoms with Gasteiger partial charge >= 0.3 is 24.1 Å². The zero-order chi connectivity index (χ0) is 24.3. The smallest absolute Gasteiger partial charge is 0.481 e. The number of aliphatic carboxylic acids is 2. The second-order valence-electron chi connectivity index (χ2n) is 8.38. The van der Waals surface area contributed by atoms with Crippen LogP contribution in [-0.2, 0) is 27.4 Å². The molecule has 0 aromatic carbocycles. The van der Waals surface area contributed by atoms with Gasteiger partial charge in [0.2, 0.25) is 0 Å². The standard InChI is InChI=1S/C18H25N3O4.C2HF3O2/c1-10(13-7-14(16(22)23)18(13,2)3)20-17(24)21-12-6-11-9-25-5-4-15(11)19-8-12;3-2(4,5)1(6)7/h6,8,10,13-14H,4-5,7,9H2,1-3H3,(H,22,23)(H2,20,21,24);(H,6,7)/t10?,13-,14+;/m0./s1. The molecule has 2 aliphatic rings. The lowest BCUT2D eigenvalue weighted by Crippen LogP contribution is -2.57. The van der Waals surface area contributed by atoms with Crippen LogP contribution in [0, 0.1) is 17.3 Å². The van der Waals surface area contributed by atoms with Gasteiger partial charge in [0.25, 0.3) is 0 Å². The molecule has 1 fully saturated rings. The van der Waals surface area contributed by atoms with Gasteiger partial charge in [0, 0.05) is 23.7 Å². The number of pyridine rings is 1. The van der Waals surface area contributed by atoms with Crippen molar-refractivity contribution in [2.45, 2.75) is 52.4 Å². The van der Waals surface area contributed by atoms with E-state index in [-0.39, 0.29) is 29.3 Å². The van der Waals surface area contributed by atoms with Crippen LogP contribution in [0.15, 0.2) is 12.3 Å². The van der Waals surface area contributed by atoms with E-state index >= 15 is 0 Å². The van der Waals surface area contributed by atoms with Crippen LogP contribution in [-0.4, -0.2) is 52.0 Å². The lowest BCUT2D eigenvalue weighted by atomic mass is 9.53. The molecule has 32 heavy (non-hydrogen) atoms. The fraction of sp³-hybridized carbons (Fsp3) is 0.600. The highest BCUT2D eigenvalue weighted by molar-refractivity contribution is 5.89. The molecule has 2 heterocycles. The highest BCUT2D eigenvalue weighted by Gasteiger charge is 2.53. The number of fused-ring (bicyclic) bond motifs is 1. The quantitative estimate of drug-likeness (QED) is 0.541. The maximum absolute atomic E-state index is 12.3. The van der Waals surface area contributed by atoms with Gasteiger partial charge in [-0.25, -0.2) is 9.59 Å². The number of halogens is 3. The Morgan fingerprint density at radius 2 is 1.91 bits per heavy atom. The van der Waals surface area contributed by atoms with Gasteiger partial charge in [0.05, 0.1) is 31.0 Å². The van der Waals surface area contributed by atoms with Gasteiger partial charge < -0.3 is 25.6 Å². The van der Waals surface area contributed by atoms with E-state index in [1.54, 1.807) is 6.20 Å². The molecule has 1 unspecified atom stereocenters. The fourth-order valence-corrected chi connectivity index (χ4v) is 4.01. The van der Waals surface area contributed by atoms with Gasteiger partial charge in [0.1, 0.15) is 0 Å². The number of amides is 2. The van der Waals surface area contributed by atoms with Crippen LogP contribution >= 0.6 is 0 Å². The molecule has 1 aliphatic carbocycles. The molecule has 3 atom stereocenters. The van der Waals surface area contributed by atoms with Crippen molar-refractivity contribution >= 4 is 23.7 Å². The van der Waals surface area contributed by atoms with Crippen molar-refractivity contribution in [3.8, 4) is 0 Å². The third-order valence-electron chi connectivity index (χ3n) is 5.90. The maximum atomic E-state index is 12.3. The second kappa shape index (κ2) is 9.72. The zero-order valence-electron chi connectivity index (χ0n) is 17.8. The first kappa shape index (κ1) is 25.4. The number of carbonyl (C=O) groups is 3. The van der Waals surface area contributed by atoms with Crippen molar-refractivity contribution in [2.24, 2.45) is 17.3 Å². The van der Waals surface area contributed by atoms with Gasteiger partial charge in [-0.05, 0) is 30.7 Å². The van der Waals surface area contributed by atoms with Crippen LogP contribution in [0.2, 0.25) is 0 Å². The van der Waals surface area contributed by atoms with Crippen LogP contribution in [0.25, 0.3) is 0 Å². The van der Waals surface area contributed by atoms with Crippen LogP contribution in [0.5, 0.6) is 0 Å². The largest absolute Gasteiger partial charge is 0.490 e. The van der Waals surface area contributed by atoms with Crippen molar-refractivity contribution in [1.29, 1.82) is 0 Å². The van der Waals surface area contributed by atoms with Gasteiger partial charge in [-0.3, -0.25) is 9.78 Å². The molecule has 1 aliphatic heterocycles. The predicted octanol–water partition coefficient (Wildman–Crippen LogP) is 3.04. The Morgan fingerprint density at radius 1 is 1.28 bits per heavy atom. The van der Waals surface area contributed by atoms with E-state index in [9.17, 15) is 27.9 Å². The molecule has 1 aromatic rings. The summed E-state index contributed by atoms with van der Waals surface area (Å²) in [7, 11) is 0. The normalized spacial score (nSPS) is 22.2. The van der Waals surface area contributed by atoms with E-state index < -0.39 is 18.1 Å². The molecule has 1 saturated carbocycles. The molecular formula is C20H26F3N3O6. The number of rotatable bonds is 4. The Kier molecular flexibility index (Phi) is 7.70. The van der Waals surface area contributed by atoms with E-state index in [0.29, 0.717) is 25.3 Å². The van der Waals surface area contributed by atoms with E-state index in [4.69, 9.17) is 14.6 Å². The van der Waals surface area contributed by atoms with Crippen molar-refractivity contribution in [1.82, 2.24) is 10.3 Å². The summed E-state index contributed by atoms with van der Waals surface area (Å²) in [4.78, 5) is 36.8. The van der Waals surface area contributed by atoms with Crippen LogP contribution in [0.1, 0.15) is 38.4 Å². The SMILES string of the molecule is CC(NC(=O)Nc1cnc2c(c1)COCC2)[C@@H]1C[C@H](C(=O)O)C1(C)C.O=C(O)C(F)(F)F. The van der Waals surface area contributed by atoms with E-state index in [0.717, 1.165) is 17.7 Å². The van der Waals surface area contributed by atoms with Crippen LogP contribution in [0.3, 0.4) is 0 Å². The molecule has 4 N–H and O–H groups in total. The molecule has 3 rings (SSSR count). The highest BCUT2D eigenvalue weighted by Crippen LogP contribution is 2.52. The number of aromatic nitrogens is 1. The average molecular weight is 461 g/mol. The van der Waals surface area contributed by atoms with E-state index in [1.807, 2.05) is 26.8 Å². The molecule has 12 heteroatoms. The predicted molar refractivity (Wildman–Crippen MR) is 106 cm³/mol. The second-order valence-corrected chi connectivity index (χ2v) is 8.38. The minimum Gasteiger partial charge on any atom is -0.481 e. The molecular weight excluding hydrogens is 435 g/mol. The number of anilines is 1. The molecule has 0 saturated heterocycles. The topological polar surface area (TPSA) is 138 Å². The van der Waals surface area contributed by atoms with E-state index in [2.05, 4.69) is 15.6 Å². The Bertz CT molecular complexity index is 875. The maximum Gasteiger partial charge on any atom is 0.490 e. The number of nitrogens with one attached hydrogen (secondary N) is 2. The lowest BCUT2D eigenvalue weighted by molar-refractivity contribution is -0.192. The minimum absolute atomic E-state index is 0.112. The summed E-state index contributed by atoms with van der Waals surface area (Å²) in [6, 6.07) is 1.47. The minimum atomic E-state index is -5.08. The number of carbonyl (C=O) groups excluding carboxylic acids is 1. The van der Waals surface area contributed by atoms with Crippen LogP contribution in [0.4, 0.5) is 23.7 Å². The summed E-state index contributed by atoms with van der Waals surface area (Å²) in [5, 5.41) is 22.1. The summed E-state index contributed by atoms with van der Waals surface area (Å²) in [6.45, 7) is 7.01. The monoisotopic (exact) mass is 461 g/mol. The van der Waals surface area contributed by atoms with Crippen molar-refractivity contribution in [3.05, 3.63) is 23.5 Å². The summed E-state index contributed by atoms with van der Waals surface area (Å²) in [5.74, 6) is -3.74. The first-order valence-corrected chi connectivity index (χ1v) is 9.89. The molecule has 0 bridgehead atoms. The van der Waals surface area contributed by atoms with E-state index in [1.165, 1.54) is 0 Å². The molecule has 0 radical (unpaired) electrons. The van der Waals surface area contributed by atoms with Crippen molar-refractivity contribution in [3.63, 3.8) is 0 Å². The molecule has 2 amide bonds. The third kappa shape index (κ3) is 6.09. The Hall–Kier alpha value is -2.89. The third-order valence-corrected chi connectivity index (χ3v) is 5.90. The Balaban J connectivity index is 0.000000451. The van der Waals surface area contributed by atoms with Gasteiger partial charge in [-0.15, -0.1) is 0 Å². The lowest BCUT2D eigenvalue weighted by Gasteiger charge is -2.52. The van der Waals surface area contributed by atoms with Gasteiger partial charge in [-0.1, -0.05) is 13.8 Å². The molecule has 178 valence electrons. The average Bonchev–Trinajstić information content (AvgIpc) is 2.66. The van der Waals surface area contributed by atoms with Crippen molar-refractivity contribution in [2.75, 3.05) is 11.9 Å². The number of carboxylic acid groups (broad SMARTS) is 2. The Morgan fingerprint density at radius 3 is 2.44 bits per heavy atom.